The fraction of sp³-hybridized carbons (Fsp3) is 0.160. The van der Waals surface area contributed by atoms with Crippen LogP contribution < -0.4 is 22.1 Å². The molecule has 168 valence electrons. The molecule has 1 saturated heterocycles. The molecule has 0 atom stereocenters. The van der Waals surface area contributed by atoms with Gasteiger partial charge in [0.25, 0.3) is 5.91 Å². The van der Waals surface area contributed by atoms with E-state index in [0.29, 0.717) is 18.8 Å². The number of anilines is 1. The molecule has 8 heteroatoms. The Labute approximate surface area is 193 Å². The highest BCUT2D eigenvalue weighted by Gasteiger charge is 2.24. The molecule has 3 aromatic rings. The summed E-state index contributed by atoms with van der Waals surface area (Å²) >= 11 is 0. The van der Waals surface area contributed by atoms with Crippen molar-refractivity contribution in [2.24, 2.45) is 27.2 Å². The van der Waals surface area contributed by atoms with E-state index in [1.165, 1.54) is 0 Å². The van der Waals surface area contributed by atoms with Crippen LogP contribution in [0.5, 0.6) is 0 Å². The topological polar surface area (TPSA) is 126 Å². The van der Waals surface area contributed by atoms with Crippen molar-refractivity contribution in [1.29, 1.82) is 0 Å². The van der Waals surface area contributed by atoms with Crippen LogP contribution in [0.15, 0.2) is 88.8 Å². The maximum absolute atomic E-state index is 13.3. The first-order valence-corrected chi connectivity index (χ1v) is 10.7. The first-order chi connectivity index (χ1) is 16.0. The van der Waals surface area contributed by atoms with Crippen molar-refractivity contribution in [2.45, 2.75) is 0 Å². The zero-order valence-corrected chi connectivity index (χ0v) is 18.3. The van der Waals surface area contributed by atoms with Gasteiger partial charge in [0.2, 0.25) is 5.96 Å². The van der Waals surface area contributed by atoms with Crippen LogP contribution in [0.3, 0.4) is 0 Å². The van der Waals surface area contributed by atoms with Crippen LogP contribution in [0, 0.1) is 0 Å². The monoisotopic (exact) mass is 441 g/mol. The smallest absolute Gasteiger partial charge is 0.254 e. The molecular formula is C25H27N7O. The minimum atomic E-state index is -0.133. The molecule has 33 heavy (non-hydrogen) atoms. The van der Waals surface area contributed by atoms with Crippen LogP contribution in [0.4, 0.5) is 11.4 Å². The number of piperazine rings is 1. The fourth-order valence-electron chi connectivity index (χ4n) is 3.90. The zero-order valence-electron chi connectivity index (χ0n) is 18.3. The summed E-state index contributed by atoms with van der Waals surface area (Å²) in [6.45, 7) is 2.80. The summed E-state index contributed by atoms with van der Waals surface area (Å²) in [6.07, 6.45) is 0. The molecule has 4 rings (SSSR count). The first-order valence-electron chi connectivity index (χ1n) is 10.7. The number of hydrogen-bond acceptors (Lipinski definition) is 3. The molecule has 8 nitrogen and oxygen atoms in total. The number of nitrogens with two attached hydrogens (primary N) is 3. The van der Waals surface area contributed by atoms with Crippen molar-refractivity contribution in [3.8, 4) is 11.1 Å². The van der Waals surface area contributed by atoms with Gasteiger partial charge >= 0.3 is 0 Å². The SMILES string of the molecule is NC(N)=NC(N)=Nc1ccc(N2CCN(C(=O)c3ccccc3-c3ccccc3)CC2)cc1. The van der Waals surface area contributed by atoms with Crippen LogP contribution in [0.25, 0.3) is 11.1 Å². The van der Waals surface area contributed by atoms with Gasteiger partial charge in [0, 0.05) is 37.4 Å². The summed E-state index contributed by atoms with van der Waals surface area (Å²) in [7, 11) is 0. The van der Waals surface area contributed by atoms with Gasteiger partial charge < -0.3 is 27.0 Å². The molecule has 1 aliphatic heterocycles. The summed E-state index contributed by atoms with van der Waals surface area (Å²) < 4.78 is 0. The van der Waals surface area contributed by atoms with Crippen LogP contribution in [0.2, 0.25) is 0 Å². The fourth-order valence-corrected chi connectivity index (χ4v) is 3.90. The predicted molar refractivity (Wildman–Crippen MR) is 134 cm³/mol. The molecule has 3 aromatic carbocycles. The Balaban J connectivity index is 1.42. The van der Waals surface area contributed by atoms with Gasteiger partial charge in [-0.1, -0.05) is 48.5 Å². The molecular weight excluding hydrogens is 414 g/mol. The largest absolute Gasteiger partial charge is 0.370 e. The molecule has 0 bridgehead atoms. The minimum Gasteiger partial charge on any atom is -0.370 e. The standard InChI is InChI=1S/C25H27N7O/c26-24(27)30-25(28)29-19-10-12-20(13-11-19)31-14-16-32(17-15-31)23(33)22-9-5-4-8-21(22)18-6-2-1-3-7-18/h1-13H,14-17H2,(H6,26,27,28,29,30). The van der Waals surface area contributed by atoms with E-state index in [4.69, 9.17) is 17.2 Å². The van der Waals surface area contributed by atoms with Gasteiger partial charge in [0.15, 0.2) is 5.96 Å². The molecule has 0 aliphatic carbocycles. The molecule has 1 fully saturated rings. The van der Waals surface area contributed by atoms with E-state index in [0.717, 1.165) is 35.5 Å². The van der Waals surface area contributed by atoms with E-state index in [1.54, 1.807) is 0 Å². The number of benzene rings is 3. The zero-order chi connectivity index (χ0) is 23.2. The molecule has 1 aliphatic rings. The molecule has 1 heterocycles. The lowest BCUT2D eigenvalue weighted by Gasteiger charge is -2.36. The van der Waals surface area contributed by atoms with Crippen LogP contribution in [0.1, 0.15) is 10.4 Å². The lowest BCUT2D eigenvalue weighted by atomic mass is 9.98. The summed E-state index contributed by atoms with van der Waals surface area (Å²) in [5, 5.41) is 0. The quantitative estimate of drug-likeness (QED) is 0.424. The Morgan fingerprint density at radius 1 is 0.758 bits per heavy atom. The Hall–Kier alpha value is -4.33. The third kappa shape index (κ3) is 5.30. The first kappa shape index (κ1) is 21.9. The van der Waals surface area contributed by atoms with E-state index in [2.05, 4.69) is 14.9 Å². The summed E-state index contributed by atoms with van der Waals surface area (Å²) in [5.41, 5.74) is 20.8. The van der Waals surface area contributed by atoms with E-state index in [-0.39, 0.29) is 17.8 Å². The summed E-state index contributed by atoms with van der Waals surface area (Å²) in [5.74, 6) is -0.0636. The van der Waals surface area contributed by atoms with Crippen molar-refractivity contribution in [3.63, 3.8) is 0 Å². The highest BCUT2D eigenvalue weighted by molar-refractivity contribution is 6.01. The van der Waals surface area contributed by atoms with E-state index >= 15 is 0 Å². The maximum Gasteiger partial charge on any atom is 0.254 e. The van der Waals surface area contributed by atoms with Crippen molar-refractivity contribution >= 4 is 29.2 Å². The number of hydrogen-bond donors (Lipinski definition) is 3. The van der Waals surface area contributed by atoms with Crippen LogP contribution in [-0.2, 0) is 0 Å². The number of carbonyl (C=O) groups excluding carboxylic acids is 1. The van der Waals surface area contributed by atoms with Crippen molar-refractivity contribution < 1.29 is 4.79 Å². The second-order valence-electron chi connectivity index (χ2n) is 7.71. The number of guanidine groups is 2. The average molecular weight is 442 g/mol. The third-order valence-electron chi connectivity index (χ3n) is 5.51. The van der Waals surface area contributed by atoms with Gasteiger partial charge in [0.1, 0.15) is 0 Å². The van der Waals surface area contributed by atoms with E-state index < -0.39 is 0 Å². The number of amides is 1. The minimum absolute atomic E-state index is 0.00524. The number of nitrogens with zero attached hydrogens (tertiary/aromatic N) is 4. The molecule has 0 unspecified atom stereocenters. The predicted octanol–water partition coefficient (Wildman–Crippen LogP) is 2.54. The van der Waals surface area contributed by atoms with Gasteiger partial charge in [-0.3, -0.25) is 4.79 Å². The molecule has 0 spiro atoms. The Bertz CT molecular complexity index is 1160. The van der Waals surface area contributed by atoms with Crippen LogP contribution >= 0.6 is 0 Å². The Morgan fingerprint density at radius 3 is 2.06 bits per heavy atom. The number of carbonyl (C=O) groups is 1. The normalized spacial score (nSPS) is 14.1. The van der Waals surface area contributed by atoms with Crippen molar-refractivity contribution in [2.75, 3.05) is 31.1 Å². The van der Waals surface area contributed by atoms with Gasteiger partial charge in [-0.05, 0) is 41.5 Å². The van der Waals surface area contributed by atoms with Gasteiger partial charge in [-0.15, -0.1) is 0 Å². The third-order valence-corrected chi connectivity index (χ3v) is 5.51. The second-order valence-corrected chi connectivity index (χ2v) is 7.71. The van der Waals surface area contributed by atoms with Crippen molar-refractivity contribution in [1.82, 2.24) is 4.90 Å². The van der Waals surface area contributed by atoms with Gasteiger partial charge in [-0.2, -0.15) is 4.99 Å². The van der Waals surface area contributed by atoms with E-state index in [9.17, 15) is 4.79 Å². The second kappa shape index (κ2) is 9.86. The molecule has 6 N–H and O–H groups in total. The van der Waals surface area contributed by atoms with Crippen molar-refractivity contribution in [3.05, 3.63) is 84.4 Å². The molecule has 0 saturated carbocycles. The maximum atomic E-state index is 13.3. The molecule has 0 aromatic heterocycles. The lowest BCUT2D eigenvalue weighted by molar-refractivity contribution is 0.0747. The molecule has 0 radical (unpaired) electrons. The van der Waals surface area contributed by atoms with Gasteiger partial charge in [-0.25, -0.2) is 4.99 Å². The molecule has 1 amide bonds. The summed E-state index contributed by atoms with van der Waals surface area (Å²) in [6, 6.07) is 25.5. The lowest BCUT2D eigenvalue weighted by Crippen LogP contribution is -2.48. The number of rotatable bonds is 4. The highest BCUT2D eigenvalue weighted by Crippen LogP contribution is 2.26. The number of aliphatic imine (C=N–C) groups is 2. The van der Waals surface area contributed by atoms with E-state index in [1.807, 2.05) is 83.8 Å². The Kier molecular flexibility index (Phi) is 6.54. The van der Waals surface area contributed by atoms with Gasteiger partial charge in [0.05, 0.1) is 5.69 Å². The summed E-state index contributed by atoms with van der Waals surface area (Å²) in [4.78, 5) is 25.4. The van der Waals surface area contributed by atoms with Crippen LogP contribution in [-0.4, -0.2) is 48.9 Å². The highest BCUT2D eigenvalue weighted by atomic mass is 16.2. The Morgan fingerprint density at radius 2 is 1.39 bits per heavy atom. The average Bonchev–Trinajstić information content (AvgIpc) is 2.84.